The Kier molecular flexibility index (Phi) is 5.15. The summed E-state index contributed by atoms with van der Waals surface area (Å²) in [6.07, 6.45) is 0.287. The third-order valence-corrected chi connectivity index (χ3v) is 2.85. The van der Waals surface area contributed by atoms with Gasteiger partial charge in [0, 0.05) is 30.0 Å². The van der Waals surface area contributed by atoms with Crippen molar-refractivity contribution in [2.75, 3.05) is 13.6 Å². The van der Waals surface area contributed by atoms with Crippen molar-refractivity contribution in [3.05, 3.63) is 33.8 Å². The molecule has 2 N–H and O–H groups in total. The van der Waals surface area contributed by atoms with Crippen LogP contribution in [0.1, 0.15) is 22.3 Å². The maximum absolute atomic E-state index is 11.8. The summed E-state index contributed by atoms with van der Waals surface area (Å²) < 4.78 is 0.861. The first kappa shape index (κ1) is 13.7. The summed E-state index contributed by atoms with van der Waals surface area (Å²) in [5.41, 5.74) is 1.53. The van der Waals surface area contributed by atoms with Crippen molar-refractivity contribution in [1.82, 2.24) is 10.6 Å². The second-order valence-electron chi connectivity index (χ2n) is 3.64. The van der Waals surface area contributed by atoms with Crippen molar-refractivity contribution in [2.24, 2.45) is 0 Å². The molecule has 0 radical (unpaired) electrons. The summed E-state index contributed by atoms with van der Waals surface area (Å²) in [7, 11) is 1.57. The van der Waals surface area contributed by atoms with Crippen LogP contribution in [0.25, 0.3) is 0 Å². The highest BCUT2D eigenvalue weighted by molar-refractivity contribution is 9.10. The Labute approximate surface area is 109 Å². The molecule has 1 aromatic rings. The normalized spacial score (nSPS) is 9.82. The molecule has 0 aliphatic carbocycles. The average molecular weight is 299 g/mol. The summed E-state index contributed by atoms with van der Waals surface area (Å²) in [5, 5.41) is 5.21. The van der Waals surface area contributed by atoms with Crippen molar-refractivity contribution in [3.63, 3.8) is 0 Å². The zero-order valence-corrected chi connectivity index (χ0v) is 11.4. The summed E-state index contributed by atoms with van der Waals surface area (Å²) >= 11 is 3.32. The van der Waals surface area contributed by atoms with Gasteiger partial charge in [0.25, 0.3) is 5.91 Å². The molecule has 0 aliphatic rings. The molecule has 0 heterocycles. The van der Waals surface area contributed by atoms with Crippen LogP contribution in [-0.2, 0) is 4.79 Å². The molecule has 0 saturated heterocycles. The molecule has 0 aliphatic heterocycles. The van der Waals surface area contributed by atoms with Crippen LogP contribution in [0.4, 0.5) is 0 Å². The average Bonchev–Trinajstić information content (AvgIpc) is 2.31. The molecule has 0 saturated carbocycles. The van der Waals surface area contributed by atoms with Crippen LogP contribution in [-0.4, -0.2) is 25.4 Å². The molecule has 92 valence electrons. The lowest BCUT2D eigenvalue weighted by Crippen LogP contribution is -2.29. The molecule has 0 aromatic heterocycles. The van der Waals surface area contributed by atoms with Crippen molar-refractivity contribution in [3.8, 4) is 0 Å². The van der Waals surface area contributed by atoms with E-state index in [-0.39, 0.29) is 18.2 Å². The number of amides is 2. The van der Waals surface area contributed by atoms with E-state index in [1.807, 2.05) is 19.1 Å². The van der Waals surface area contributed by atoms with Crippen LogP contribution < -0.4 is 10.6 Å². The van der Waals surface area contributed by atoms with Crippen molar-refractivity contribution >= 4 is 27.7 Å². The van der Waals surface area contributed by atoms with E-state index in [4.69, 9.17) is 0 Å². The van der Waals surface area contributed by atoms with Gasteiger partial charge in [0.15, 0.2) is 0 Å². The zero-order chi connectivity index (χ0) is 12.8. The Hall–Kier alpha value is -1.36. The number of carbonyl (C=O) groups is 2. The highest BCUT2D eigenvalue weighted by Gasteiger charge is 2.09. The molecular weight excluding hydrogens is 284 g/mol. The molecule has 0 spiro atoms. The molecule has 17 heavy (non-hydrogen) atoms. The molecule has 1 aromatic carbocycles. The van der Waals surface area contributed by atoms with E-state index in [0.29, 0.717) is 12.1 Å². The maximum atomic E-state index is 11.8. The second kappa shape index (κ2) is 6.39. The van der Waals surface area contributed by atoms with Gasteiger partial charge < -0.3 is 10.6 Å². The number of rotatable bonds is 4. The Morgan fingerprint density at radius 3 is 2.71 bits per heavy atom. The van der Waals surface area contributed by atoms with E-state index in [9.17, 15) is 9.59 Å². The number of nitrogens with one attached hydrogen (secondary N) is 2. The number of carbonyl (C=O) groups excluding carboxylic acids is 2. The van der Waals surface area contributed by atoms with Crippen LogP contribution in [0.2, 0.25) is 0 Å². The largest absolute Gasteiger partial charge is 0.359 e. The fourth-order valence-electron chi connectivity index (χ4n) is 1.35. The van der Waals surface area contributed by atoms with E-state index in [1.54, 1.807) is 13.1 Å². The van der Waals surface area contributed by atoms with E-state index in [2.05, 4.69) is 26.6 Å². The summed E-state index contributed by atoms with van der Waals surface area (Å²) in [4.78, 5) is 22.8. The molecule has 1 rings (SSSR count). The third-order valence-electron chi connectivity index (χ3n) is 2.36. The number of halogens is 1. The van der Waals surface area contributed by atoms with Gasteiger partial charge in [-0.25, -0.2) is 0 Å². The van der Waals surface area contributed by atoms with Gasteiger partial charge in [0.2, 0.25) is 5.91 Å². The van der Waals surface area contributed by atoms with Gasteiger partial charge in [-0.05, 0) is 24.6 Å². The van der Waals surface area contributed by atoms with Crippen LogP contribution in [0.3, 0.4) is 0 Å². The molecule has 4 nitrogen and oxygen atoms in total. The van der Waals surface area contributed by atoms with Gasteiger partial charge in [-0.15, -0.1) is 0 Å². The van der Waals surface area contributed by atoms with E-state index in [1.165, 1.54) is 0 Å². The Balaban J connectivity index is 2.58. The SMILES string of the molecule is CNC(=O)CCNC(=O)c1cc(Br)ccc1C. The van der Waals surface area contributed by atoms with Crippen molar-refractivity contribution in [1.29, 1.82) is 0 Å². The molecule has 0 atom stereocenters. The highest BCUT2D eigenvalue weighted by Crippen LogP contribution is 2.15. The quantitative estimate of drug-likeness (QED) is 0.887. The first-order valence-corrected chi connectivity index (χ1v) is 6.09. The molecule has 0 unspecified atom stereocenters. The van der Waals surface area contributed by atoms with Gasteiger partial charge in [-0.1, -0.05) is 22.0 Å². The molecular formula is C12H15BrN2O2. The lowest BCUT2D eigenvalue weighted by Gasteiger charge is -2.07. The monoisotopic (exact) mass is 298 g/mol. The molecule has 0 fully saturated rings. The third kappa shape index (κ3) is 4.19. The zero-order valence-electron chi connectivity index (χ0n) is 9.84. The minimum Gasteiger partial charge on any atom is -0.359 e. The van der Waals surface area contributed by atoms with Gasteiger partial charge in [-0.3, -0.25) is 9.59 Å². The lowest BCUT2D eigenvalue weighted by molar-refractivity contribution is -0.120. The van der Waals surface area contributed by atoms with E-state index >= 15 is 0 Å². The first-order chi connectivity index (χ1) is 8.04. The summed E-state index contributed by atoms with van der Waals surface area (Å²) in [5.74, 6) is -0.246. The topological polar surface area (TPSA) is 58.2 Å². The van der Waals surface area contributed by atoms with Crippen molar-refractivity contribution in [2.45, 2.75) is 13.3 Å². The standard InChI is InChI=1S/C12H15BrN2O2/c1-8-3-4-9(13)7-10(8)12(17)15-6-5-11(16)14-2/h3-4,7H,5-6H2,1-2H3,(H,14,16)(H,15,17). The minimum absolute atomic E-state index is 0.0868. The predicted octanol–water partition coefficient (Wildman–Crippen LogP) is 1.62. The van der Waals surface area contributed by atoms with Crippen LogP contribution in [0.15, 0.2) is 22.7 Å². The Bertz CT molecular complexity index is 433. The smallest absolute Gasteiger partial charge is 0.251 e. The molecule has 2 amide bonds. The van der Waals surface area contributed by atoms with Gasteiger partial charge in [-0.2, -0.15) is 0 Å². The fraction of sp³-hybridized carbons (Fsp3) is 0.333. The number of hydrogen-bond acceptors (Lipinski definition) is 2. The minimum atomic E-state index is -0.160. The van der Waals surface area contributed by atoms with Crippen LogP contribution in [0.5, 0.6) is 0 Å². The van der Waals surface area contributed by atoms with Crippen LogP contribution >= 0.6 is 15.9 Å². The van der Waals surface area contributed by atoms with Gasteiger partial charge >= 0.3 is 0 Å². The number of hydrogen-bond donors (Lipinski definition) is 2. The predicted molar refractivity (Wildman–Crippen MR) is 69.9 cm³/mol. The first-order valence-electron chi connectivity index (χ1n) is 5.29. The summed E-state index contributed by atoms with van der Waals surface area (Å²) in [6.45, 7) is 2.21. The van der Waals surface area contributed by atoms with Gasteiger partial charge in [0.1, 0.15) is 0 Å². The number of benzene rings is 1. The summed E-state index contributed by atoms with van der Waals surface area (Å²) in [6, 6.07) is 5.53. The van der Waals surface area contributed by atoms with Gasteiger partial charge in [0.05, 0.1) is 0 Å². The highest BCUT2D eigenvalue weighted by atomic mass is 79.9. The van der Waals surface area contributed by atoms with E-state index in [0.717, 1.165) is 10.0 Å². The van der Waals surface area contributed by atoms with Crippen molar-refractivity contribution < 1.29 is 9.59 Å². The fourth-order valence-corrected chi connectivity index (χ4v) is 1.71. The number of aryl methyl sites for hydroxylation is 1. The lowest BCUT2D eigenvalue weighted by atomic mass is 10.1. The second-order valence-corrected chi connectivity index (χ2v) is 4.55. The Morgan fingerprint density at radius 2 is 2.06 bits per heavy atom. The van der Waals surface area contributed by atoms with Crippen LogP contribution in [0, 0.1) is 6.92 Å². The molecule has 5 heteroatoms. The maximum Gasteiger partial charge on any atom is 0.251 e. The Morgan fingerprint density at radius 1 is 1.35 bits per heavy atom. The van der Waals surface area contributed by atoms with E-state index < -0.39 is 0 Å². The molecule has 0 bridgehead atoms.